The van der Waals surface area contributed by atoms with Gasteiger partial charge in [0.15, 0.2) is 0 Å². The van der Waals surface area contributed by atoms with Gasteiger partial charge in [0.05, 0.1) is 17.9 Å². The molecule has 6 nitrogen and oxygen atoms in total. The molecule has 0 spiro atoms. The Morgan fingerprint density at radius 1 is 0.919 bits per heavy atom. The van der Waals surface area contributed by atoms with E-state index in [0.717, 1.165) is 40.1 Å². The van der Waals surface area contributed by atoms with Crippen LogP contribution < -0.4 is 10.9 Å². The van der Waals surface area contributed by atoms with Gasteiger partial charge in [-0.2, -0.15) is 5.10 Å². The van der Waals surface area contributed by atoms with Crippen LogP contribution in [0.1, 0.15) is 52.0 Å². The fraction of sp³-hybridized carbons (Fsp3) is 0.226. The average Bonchev–Trinajstić information content (AvgIpc) is 2.88. The zero-order chi connectivity index (χ0) is 26.5. The number of aryl methyl sites for hydroxylation is 3. The molecule has 0 bridgehead atoms. The van der Waals surface area contributed by atoms with E-state index in [9.17, 15) is 9.59 Å². The summed E-state index contributed by atoms with van der Waals surface area (Å²) < 4.78 is 1.45. The number of hydrogen-bond donors (Lipinski definition) is 1. The fourth-order valence-corrected chi connectivity index (χ4v) is 4.23. The van der Waals surface area contributed by atoms with Crippen LogP contribution in [0.15, 0.2) is 82.6 Å². The van der Waals surface area contributed by atoms with E-state index < -0.39 is 0 Å². The summed E-state index contributed by atoms with van der Waals surface area (Å²) in [6.45, 7) is 10.3. The maximum absolute atomic E-state index is 12.9. The first-order valence-corrected chi connectivity index (χ1v) is 12.4. The van der Waals surface area contributed by atoms with E-state index in [0.29, 0.717) is 11.4 Å². The van der Waals surface area contributed by atoms with Gasteiger partial charge in [-0.1, -0.05) is 43.3 Å². The number of aliphatic imine (C=N–C) groups is 1. The Labute approximate surface area is 217 Å². The van der Waals surface area contributed by atoms with Crippen molar-refractivity contribution in [2.45, 2.75) is 47.6 Å². The summed E-state index contributed by atoms with van der Waals surface area (Å²) in [5, 5.41) is 7.53. The molecule has 6 heteroatoms. The largest absolute Gasteiger partial charge is 0.310 e. The van der Waals surface area contributed by atoms with Crippen molar-refractivity contribution in [3.63, 3.8) is 0 Å². The standard InChI is InChI=1S/C31H32N4O2/c1-6-24-16-21(3)22(4)27(18-24)29-14-15-30(36)35(34-29)19-25-11-9-12-26(17-25)31(37)33-23(5)32-28-13-8-7-10-20(28)2/h7-18H,6,19H2,1-5H3,(H,32,33,37). The Hall–Kier alpha value is -4.32. The van der Waals surface area contributed by atoms with Crippen molar-refractivity contribution in [2.75, 3.05) is 0 Å². The third-order valence-electron chi connectivity index (χ3n) is 6.50. The molecule has 0 radical (unpaired) electrons. The Morgan fingerprint density at radius 3 is 2.46 bits per heavy atom. The minimum absolute atomic E-state index is 0.194. The maximum atomic E-state index is 12.9. The molecule has 0 atom stereocenters. The Balaban J connectivity index is 1.57. The number of nitrogens with one attached hydrogen (secondary N) is 1. The molecule has 188 valence electrons. The number of benzene rings is 3. The number of hydrogen-bond acceptors (Lipinski definition) is 4. The second-order valence-corrected chi connectivity index (χ2v) is 9.29. The van der Waals surface area contributed by atoms with Crippen molar-refractivity contribution < 1.29 is 4.79 Å². The minimum Gasteiger partial charge on any atom is -0.310 e. The minimum atomic E-state index is -0.256. The molecule has 37 heavy (non-hydrogen) atoms. The van der Waals surface area contributed by atoms with Crippen LogP contribution in [0.4, 0.5) is 5.69 Å². The summed E-state index contributed by atoms with van der Waals surface area (Å²) in [6.07, 6.45) is 0.928. The number of amidine groups is 1. The van der Waals surface area contributed by atoms with Gasteiger partial charge < -0.3 is 5.32 Å². The number of para-hydroxylation sites is 1. The van der Waals surface area contributed by atoms with Gasteiger partial charge in [-0.25, -0.2) is 9.67 Å². The quantitative estimate of drug-likeness (QED) is 0.268. The molecule has 1 aromatic heterocycles. The summed E-state index contributed by atoms with van der Waals surface area (Å²) >= 11 is 0. The van der Waals surface area contributed by atoms with Crippen LogP contribution in [0.25, 0.3) is 11.3 Å². The third kappa shape index (κ3) is 6.09. The summed E-state index contributed by atoms with van der Waals surface area (Å²) in [6, 6.07) is 22.6. The summed E-state index contributed by atoms with van der Waals surface area (Å²) in [7, 11) is 0. The summed E-state index contributed by atoms with van der Waals surface area (Å²) in [5.74, 6) is 0.253. The van der Waals surface area contributed by atoms with Gasteiger partial charge in [-0.05, 0) is 92.3 Å². The van der Waals surface area contributed by atoms with E-state index >= 15 is 0 Å². The van der Waals surface area contributed by atoms with Crippen molar-refractivity contribution in [3.8, 4) is 11.3 Å². The van der Waals surface area contributed by atoms with Gasteiger partial charge in [0.25, 0.3) is 11.5 Å². The highest BCUT2D eigenvalue weighted by molar-refractivity contribution is 6.06. The number of amides is 1. The van der Waals surface area contributed by atoms with Crippen LogP contribution in [-0.4, -0.2) is 21.5 Å². The van der Waals surface area contributed by atoms with Crippen molar-refractivity contribution in [2.24, 2.45) is 4.99 Å². The van der Waals surface area contributed by atoms with Crippen LogP contribution in [0.3, 0.4) is 0 Å². The molecule has 0 unspecified atom stereocenters. The van der Waals surface area contributed by atoms with E-state index in [4.69, 9.17) is 0 Å². The molecule has 3 aromatic carbocycles. The van der Waals surface area contributed by atoms with E-state index in [1.54, 1.807) is 31.2 Å². The van der Waals surface area contributed by atoms with Crippen LogP contribution in [-0.2, 0) is 13.0 Å². The Morgan fingerprint density at radius 2 is 1.70 bits per heavy atom. The zero-order valence-corrected chi connectivity index (χ0v) is 22.0. The Kier molecular flexibility index (Phi) is 7.77. The van der Waals surface area contributed by atoms with Crippen molar-refractivity contribution in [1.82, 2.24) is 15.1 Å². The van der Waals surface area contributed by atoms with Gasteiger partial charge in [-0.15, -0.1) is 0 Å². The molecule has 0 aliphatic carbocycles. The highest BCUT2D eigenvalue weighted by atomic mass is 16.1. The SMILES string of the molecule is CCc1cc(C)c(C)c(-c2ccc(=O)n(Cc3cccc(C(=O)NC(C)=Nc4ccccc4C)c3)n2)c1. The molecular weight excluding hydrogens is 460 g/mol. The third-order valence-corrected chi connectivity index (χ3v) is 6.50. The van der Waals surface area contributed by atoms with E-state index in [2.05, 4.69) is 48.3 Å². The molecule has 1 amide bonds. The van der Waals surface area contributed by atoms with Gasteiger partial charge in [-0.3, -0.25) is 9.59 Å². The summed E-state index contributed by atoms with van der Waals surface area (Å²) in [5.41, 5.74) is 8.32. The predicted molar refractivity (Wildman–Crippen MR) is 150 cm³/mol. The fourth-order valence-electron chi connectivity index (χ4n) is 4.23. The number of aromatic nitrogens is 2. The first-order chi connectivity index (χ1) is 17.7. The molecule has 0 saturated carbocycles. The number of carbonyl (C=O) groups excluding carboxylic acids is 1. The van der Waals surface area contributed by atoms with Crippen LogP contribution in [0, 0.1) is 20.8 Å². The zero-order valence-electron chi connectivity index (χ0n) is 22.0. The van der Waals surface area contributed by atoms with Crippen molar-refractivity contribution in [1.29, 1.82) is 0 Å². The molecule has 1 heterocycles. The molecule has 0 aliphatic rings. The van der Waals surface area contributed by atoms with E-state index in [1.807, 2.05) is 43.3 Å². The number of carbonyl (C=O) groups is 1. The van der Waals surface area contributed by atoms with Crippen molar-refractivity contribution in [3.05, 3.63) is 117 Å². The topological polar surface area (TPSA) is 76.3 Å². The molecule has 0 fully saturated rings. The van der Waals surface area contributed by atoms with Crippen LogP contribution in [0.5, 0.6) is 0 Å². The highest BCUT2D eigenvalue weighted by Gasteiger charge is 2.12. The first-order valence-electron chi connectivity index (χ1n) is 12.4. The van der Waals surface area contributed by atoms with Gasteiger partial charge in [0.2, 0.25) is 0 Å². The first kappa shape index (κ1) is 25.8. The highest BCUT2D eigenvalue weighted by Crippen LogP contribution is 2.25. The number of rotatable bonds is 6. The predicted octanol–water partition coefficient (Wildman–Crippen LogP) is 5.93. The van der Waals surface area contributed by atoms with Gasteiger partial charge >= 0.3 is 0 Å². The lowest BCUT2D eigenvalue weighted by Gasteiger charge is -2.13. The number of nitrogens with zero attached hydrogens (tertiary/aromatic N) is 3. The van der Waals surface area contributed by atoms with Gasteiger partial charge in [0, 0.05) is 17.2 Å². The monoisotopic (exact) mass is 492 g/mol. The maximum Gasteiger partial charge on any atom is 0.267 e. The van der Waals surface area contributed by atoms with E-state index in [-0.39, 0.29) is 18.0 Å². The van der Waals surface area contributed by atoms with Crippen LogP contribution in [0.2, 0.25) is 0 Å². The lowest BCUT2D eigenvalue weighted by Crippen LogP contribution is -2.28. The lowest BCUT2D eigenvalue weighted by molar-refractivity contribution is 0.0976. The lowest BCUT2D eigenvalue weighted by atomic mass is 9.96. The Bertz CT molecular complexity index is 1550. The molecule has 0 saturated heterocycles. The second kappa shape index (κ2) is 11.2. The van der Waals surface area contributed by atoms with Crippen molar-refractivity contribution >= 4 is 17.4 Å². The van der Waals surface area contributed by atoms with Gasteiger partial charge in [0.1, 0.15) is 5.84 Å². The molecular formula is C31H32N4O2. The molecule has 4 rings (SSSR count). The second-order valence-electron chi connectivity index (χ2n) is 9.29. The average molecular weight is 493 g/mol. The smallest absolute Gasteiger partial charge is 0.267 e. The van der Waals surface area contributed by atoms with E-state index in [1.165, 1.54) is 15.8 Å². The molecule has 0 aliphatic heterocycles. The van der Waals surface area contributed by atoms with Crippen LogP contribution >= 0.6 is 0 Å². The molecule has 4 aromatic rings. The summed E-state index contributed by atoms with van der Waals surface area (Å²) in [4.78, 5) is 30.1. The normalized spacial score (nSPS) is 11.4. The molecule has 1 N–H and O–H groups in total.